The highest BCUT2D eigenvalue weighted by Gasteiger charge is 2.33. The summed E-state index contributed by atoms with van der Waals surface area (Å²) in [5, 5.41) is 21.1. The predicted octanol–water partition coefficient (Wildman–Crippen LogP) is 5.87. The number of hydrogen-bond acceptors (Lipinski definition) is 8. The number of carbonyl (C=O) groups excluding carboxylic acids is 3. The SMILES string of the molecule is C#CCCCC(=O)OCC(COC(=O)CCCC#C)OC(=O)CCC/C=C\C[C@@H]1[C@@H](CC[C@@H](O)CCc2ccccc2)CC[C@@H]1O. The maximum absolute atomic E-state index is 12.5. The molecule has 0 radical (unpaired) electrons. The van der Waals surface area contributed by atoms with Crippen LogP contribution in [0.2, 0.25) is 0 Å². The van der Waals surface area contributed by atoms with Crippen LogP contribution in [0.3, 0.4) is 0 Å². The van der Waals surface area contributed by atoms with Crippen LogP contribution in [0.1, 0.15) is 102 Å². The highest BCUT2D eigenvalue weighted by atomic mass is 16.6. The topological polar surface area (TPSA) is 119 Å². The molecule has 0 aromatic heterocycles. The summed E-state index contributed by atoms with van der Waals surface area (Å²) in [5.74, 6) is 4.09. The van der Waals surface area contributed by atoms with E-state index in [1.807, 2.05) is 24.3 Å². The fraction of sp³-hybridized carbons (Fsp3) is 0.605. The third-order valence-corrected chi connectivity index (χ3v) is 8.30. The molecule has 1 fully saturated rings. The van der Waals surface area contributed by atoms with Gasteiger partial charge in [-0.25, -0.2) is 0 Å². The van der Waals surface area contributed by atoms with E-state index in [4.69, 9.17) is 27.1 Å². The van der Waals surface area contributed by atoms with Crippen LogP contribution in [-0.2, 0) is 35.0 Å². The molecule has 0 bridgehead atoms. The van der Waals surface area contributed by atoms with E-state index in [1.54, 1.807) is 0 Å². The fourth-order valence-corrected chi connectivity index (χ4v) is 5.65. The number of terminal acetylenes is 2. The summed E-state index contributed by atoms with van der Waals surface area (Å²) in [6.45, 7) is -0.430. The van der Waals surface area contributed by atoms with Crippen LogP contribution in [0.4, 0.5) is 0 Å². The summed E-state index contributed by atoms with van der Waals surface area (Å²) in [4.78, 5) is 36.5. The molecule has 252 valence electrons. The average Bonchev–Trinajstić information content (AvgIpc) is 3.41. The molecule has 0 amide bonds. The third-order valence-electron chi connectivity index (χ3n) is 8.30. The summed E-state index contributed by atoms with van der Waals surface area (Å²) in [7, 11) is 0. The van der Waals surface area contributed by atoms with Crippen molar-refractivity contribution in [2.45, 2.75) is 121 Å². The number of unbranched alkanes of at least 4 members (excludes halogenated alkanes) is 3. The first-order chi connectivity index (χ1) is 22.3. The van der Waals surface area contributed by atoms with Crippen LogP contribution in [-0.4, -0.2) is 59.6 Å². The van der Waals surface area contributed by atoms with Gasteiger partial charge in [0.05, 0.1) is 12.2 Å². The lowest BCUT2D eigenvalue weighted by atomic mass is 9.86. The van der Waals surface area contributed by atoms with Gasteiger partial charge < -0.3 is 24.4 Å². The summed E-state index contributed by atoms with van der Waals surface area (Å²) in [5.41, 5.74) is 1.23. The van der Waals surface area contributed by atoms with Gasteiger partial charge in [0, 0.05) is 32.1 Å². The van der Waals surface area contributed by atoms with Gasteiger partial charge in [0.1, 0.15) is 13.2 Å². The molecule has 8 nitrogen and oxygen atoms in total. The van der Waals surface area contributed by atoms with E-state index < -0.39 is 24.0 Å². The smallest absolute Gasteiger partial charge is 0.306 e. The van der Waals surface area contributed by atoms with Crippen molar-refractivity contribution < 1.29 is 38.8 Å². The second-order valence-electron chi connectivity index (χ2n) is 12.0. The number of allylic oxidation sites excluding steroid dienone is 2. The molecule has 2 rings (SSSR count). The summed E-state index contributed by atoms with van der Waals surface area (Å²) in [6, 6.07) is 10.2. The molecule has 46 heavy (non-hydrogen) atoms. The molecular weight excluding hydrogens is 584 g/mol. The van der Waals surface area contributed by atoms with Crippen molar-refractivity contribution in [3.05, 3.63) is 48.0 Å². The molecule has 8 heteroatoms. The molecule has 0 spiro atoms. The highest BCUT2D eigenvalue weighted by molar-refractivity contribution is 5.71. The molecule has 2 N–H and O–H groups in total. The Hall–Kier alpha value is -3.59. The Labute approximate surface area is 275 Å². The molecular formula is C38H52O8. The van der Waals surface area contributed by atoms with Crippen LogP contribution in [0.5, 0.6) is 0 Å². The second kappa shape index (κ2) is 23.7. The van der Waals surface area contributed by atoms with Gasteiger partial charge in [0.2, 0.25) is 0 Å². The number of rotatable bonds is 23. The molecule has 1 aromatic rings. The van der Waals surface area contributed by atoms with Gasteiger partial charge in [-0.1, -0.05) is 42.5 Å². The Morgan fingerprint density at radius 3 is 2.13 bits per heavy atom. The van der Waals surface area contributed by atoms with E-state index in [1.165, 1.54) is 5.56 Å². The van der Waals surface area contributed by atoms with Crippen LogP contribution >= 0.6 is 0 Å². The third kappa shape index (κ3) is 17.2. The second-order valence-corrected chi connectivity index (χ2v) is 12.0. The number of benzene rings is 1. The van der Waals surface area contributed by atoms with Crippen molar-refractivity contribution in [3.63, 3.8) is 0 Å². The largest absolute Gasteiger partial charge is 0.462 e. The van der Waals surface area contributed by atoms with Gasteiger partial charge in [-0.05, 0) is 88.0 Å². The maximum Gasteiger partial charge on any atom is 0.306 e. The van der Waals surface area contributed by atoms with E-state index in [0.717, 1.165) is 44.9 Å². The molecule has 1 aromatic carbocycles. The number of esters is 3. The maximum atomic E-state index is 12.5. The zero-order valence-corrected chi connectivity index (χ0v) is 27.2. The van der Waals surface area contributed by atoms with Gasteiger partial charge in [-0.15, -0.1) is 24.7 Å². The quantitative estimate of drug-likeness (QED) is 0.0504. The fourth-order valence-electron chi connectivity index (χ4n) is 5.65. The Morgan fingerprint density at radius 2 is 1.50 bits per heavy atom. The normalized spacial score (nSPS) is 18.2. The van der Waals surface area contributed by atoms with E-state index >= 15 is 0 Å². The molecule has 1 aliphatic carbocycles. The van der Waals surface area contributed by atoms with Crippen molar-refractivity contribution in [1.29, 1.82) is 0 Å². The monoisotopic (exact) mass is 636 g/mol. The minimum atomic E-state index is -0.908. The lowest BCUT2D eigenvalue weighted by Crippen LogP contribution is -2.30. The van der Waals surface area contributed by atoms with Crippen molar-refractivity contribution >= 4 is 17.9 Å². The van der Waals surface area contributed by atoms with Crippen LogP contribution in [0.25, 0.3) is 0 Å². The van der Waals surface area contributed by atoms with E-state index in [9.17, 15) is 24.6 Å². The minimum absolute atomic E-state index is 0.151. The van der Waals surface area contributed by atoms with Crippen LogP contribution in [0, 0.1) is 36.5 Å². The van der Waals surface area contributed by atoms with Crippen molar-refractivity contribution in [2.24, 2.45) is 11.8 Å². The summed E-state index contributed by atoms with van der Waals surface area (Å²) in [6.07, 6.45) is 22.3. The van der Waals surface area contributed by atoms with Crippen LogP contribution < -0.4 is 0 Å². The van der Waals surface area contributed by atoms with Gasteiger partial charge in [0.25, 0.3) is 0 Å². The van der Waals surface area contributed by atoms with Gasteiger partial charge in [-0.2, -0.15) is 0 Å². The van der Waals surface area contributed by atoms with Gasteiger partial charge in [0.15, 0.2) is 6.10 Å². The molecule has 1 saturated carbocycles. The zero-order chi connectivity index (χ0) is 33.4. The van der Waals surface area contributed by atoms with Crippen molar-refractivity contribution in [3.8, 4) is 24.7 Å². The Kier molecular flexibility index (Phi) is 19.9. The number of aliphatic hydroxyl groups excluding tert-OH is 2. The lowest BCUT2D eigenvalue weighted by Gasteiger charge is -2.22. The molecule has 0 aliphatic heterocycles. The van der Waals surface area contributed by atoms with Gasteiger partial charge in [-0.3, -0.25) is 14.4 Å². The molecule has 0 saturated heterocycles. The summed E-state index contributed by atoms with van der Waals surface area (Å²) >= 11 is 0. The number of aliphatic hydroxyl groups is 2. The Morgan fingerprint density at radius 1 is 0.870 bits per heavy atom. The number of carbonyl (C=O) groups is 3. The minimum Gasteiger partial charge on any atom is -0.462 e. The Bertz CT molecular complexity index is 1100. The molecule has 4 atom stereocenters. The number of hydrogen-bond donors (Lipinski definition) is 2. The molecule has 0 unspecified atom stereocenters. The molecule has 1 aliphatic rings. The van der Waals surface area contributed by atoms with E-state index in [-0.39, 0.29) is 50.6 Å². The highest BCUT2D eigenvalue weighted by Crippen LogP contribution is 2.38. The standard InChI is InChI=1S/C38H52O8/c1-3-5-10-19-36(41)44-28-33(29-45-37(42)20-11-6-4-2)46-38(43)21-15-8-7-14-18-34-31(24-27-35(34)40)23-26-32(39)25-22-30-16-12-9-13-17-30/h1-2,7,9,12-14,16-17,31-35,39-40H,5-6,8,10-11,15,18-29H2/b14-7-/t31-,32-,34+,35-/m0/s1. The molecule has 0 heterocycles. The first kappa shape index (κ1) is 38.6. The predicted molar refractivity (Wildman–Crippen MR) is 177 cm³/mol. The van der Waals surface area contributed by atoms with E-state index in [0.29, 0.717) is 44.4 Å². The van der Waals surface area contributed by atoms with Crippen molar-refractivity contribution in [2.75, 3.05) is 13.2 Å². The first-order valence-corrected chi connectivity index (χ1v) is 16.7. The average molecular weight is 637 g/mol. The summed E-state index contributed by atoms with van der Waals surface area (Å²) < 4.78 is 15.9. The number of ether oxygens (including phenoxy) is 3. The van der Waals surface area contributed by atoms with Crippen molar-refractivity contribution in [1.82, 2.24) is 0 Å². The first-order valence-electron chi connectivity index (χ1n) is 16.7. The van der Waals surface area contributed by atoms with Gasteiger partial charge >= 0.3 is 17.9 Å². The Balaban J connectivity index is 1.71. The van der Waals surface area contributed by atoms with E-state index in [2.05, 4.69) is 30.0 Å². The lowest BCUT2D eigenvalue weighted by molar-refractivity contribution is -0.166. The number of aryl methyl sites for hydroxylation is 1. The van der Waals surface area contributed by atoms with Crippen LogP contribution in [0.15, 0.2) is 42.5 Å². The zero-order valence-electron chi connectivity index (χ0n) is 27.2.